The zero-order chi connectivity index (χ0) is 22.6. The second-order valence-corrected chi connectivity index (χ2v) is 8.00. The Labute approximate surface area is 192 Å². The molecule has 7 heteroatoms. The van der Waals surface area contributed by atoms with Crippen LogP contribution in [0.4, 0.5) is 0 Å². The summed E-state index contributed by atoms with van der Waals surface area (Å²) in [6, 6.07) is 26.5. The maximum absolute atomic E-state index is 12.1. The first kappa shape index (κ1) is 23.1. The van der Waals surface area contributed by atoms with Crippen LogP contribution in [0.25, 0.3) is 0 Å². The van der Waals surface area contributed by atoms with E-state index < -0.39 is 0 Å². The van der Waals surface area contributed by atoms with E-state index in [2.05, 4.69) is 15.8 Å². The molecule has 1 atom stereocenters. The monoisotopic (exact) mass is 447 g/mol. The summed E-state index contributed by atoms with van der Waals surface area (Å²) >= 11 is 1.45. The highest BCUT2D eigenvalue weighted by atomic mass is 32.2. The molecule has 3 rings (SSSR count). The number of ether oxygens (including phenoxy) is 1. The minimum Gasteiger partial charge on any atom is -0.484 e. The molecule has 0 aromatic heterocycles. The van der Waals surface area contributed by atoms with Gasteiger partial charge in [-0.1, -0.05) is 48.5 Å². The predicted molar refractivity (Wildman–Crippen MR) is 128 cm³/mol. The Morgan fingerprint density at radius 1 is 0.938 bits per heavy atom. The molecule has 0 bridgehead atoms. The molecule has 0 saturated carbocycles. The number of hydrazone groups is 1. The van der Waals surface area contributed by atoms with Crippen LogP contribution >= 0.6 is 11.8 Å². The number of hydrogen-bond donors (Lipinski definition) is 2. The zero-order valence-corrected chi connectivity index (χ0v) is 18.5. The molecule has 164 valence electrons. The highest BCUT2D eigenvalue weighted by Crippen LogP contribution is 2.16. The number of carbonyl (C=O) groups excluding carboxylic acids is 2. The standard InChI is InChI=1S/C25H25N3O3S/c1-19(21-8-4-2-5-9-21)27-24(29)17-31-22-14-12-20(13-15-22)16-26-28-25(30)18-32-23-10-6-3-7-11-23/h2-16,19H,17-18H2,1H3,(H,27,29)(H,28,30)/b26-16-/t19-/m1/s1. The summed E-state index contributed by atoms with van der Waals surface area (Å²) in [7, 11) is 0. The van der Waals surface area contributed by atoms with Gasteiger partial charge in [-0.05, 0) is 54.4 Å². The summed E-state index contributed by atoms with van der Waals surface area (Å²) in [6.07, 6.45) is 1.56. The molecule has 0 aliphatic heterocycles. The Morgan fingerprint density at radius 2 is 1.59 bits per heavy atom. The van der Waals surface area contributed by atoms with Crippen LogP contribution in [-0.4, -0.2) is 30.4 Å². The molecule has 2 N–H and O–H groups in total. The third-order valence-electron chi connectivity index (χ3n) is 4.44. The van der Waals surface area contributed by atoms with E-state index in [1.165, 1.54) is 11.8 Å². The Morgan fingerprint density at radius 3 is 2.28 bits per heavy atom. The van der Waals surface area contributed by atoms with Gasteiger partial charge in [-0.2, -0.15) is 5.10 Å². The van der Waals surface area contributed by atoms with Gasteiger partial charge in [0.2, 0.25) is 5.91 Å². The van der Waals surface area contributed by atoms with E-state index in [1.807, 2.05) is 67.6 Å². The van der Waals surface area contributed by atoms with E-state index in [4.69, 9.17) is 4.74 Å². The number of benzene rings is 3. The minimum atomic E-state index is -0.192. The fraction of sp³-hybridized carbons (Fsp3) is 0.160. The summed E-state index contributed by atoms with van der Waals surface area (Å²) < 4.78 is 5.55. The van der Waals surface area contributed by atoms with Crippen molar-refractivity contribution in [3.63, 3.8) is 0 Å². The van der Waals surface area contributed by atoms with Gasteiger partial charge in [0, 0.05) is 4.90 Å². The lowest BCUT2D eigenvalue weighted by Crippen LogP contribution is -2.31. The van der Waals surface area contributed by atoms with Crippen molar-refractivity contribution in [1.82, 2.24) is 10.7 Å². The lowest BCUT2D eigenvalue weighted by molar-refractivity contribution is -0.123. The molecule has 6 nitrogen and oxygen atoms in total. The molecule has 0 radical (unpaired) electrons. The highest BCUT2D eigenvalue weighted by Gasteiger charge is 2.09. The van der Waals surface area contributed by atoms with Crippen LogP contribution in [0.2, 0.25) is 0 Å². The molecule has 0 spiro atoms. The smallest absolute Gasteiger partial charge is 0.258 e. The fourth-order valence-electron chi connectivity index (χ4n) is 2.78. The molecule has 3 aromatic carbocycles. The second-order valence-electron chi connectivity index (χ2n) is 6.95. The van der Waals surface area contributed by atoms with E-state index in [0.717, 1.165) is 16.0 Å². The Kier molecular flexibility index (Phi) is 8.89. The third-order valence-corrected chi connectivity index (χ3v) is 5.46. The van der Waals surface area contributed by atoms with Gasteiger partial charge < -0.3 is 10.1 Å². The van der Waals surface area contributed by atoms with Gasteiger partial charge in [0.1, 0.15) is 5.75 Å². The lowest BCUT2D eigenvalue weighted by Gasteiger charge is -2.14. The zero-order valence-electron chi connectivity index (χ0n) is 17.7. The van der Waals surface area contributed by atoms with Crippen LogP contribution in [0.3, 0.4) is 0 Å². The average molecular weight is 448 g/mol. The highest BCUT2D eigenvalue weighted by molar-refractivity contribution is 8.00. The first-order valence-electron chi connectivity index (χ1n) is 10.2. The van der Waals surface area contributed by atoms with Gasteiger partial charge in [0.05, 0.1) is 18.0 Å². The second kappa shape index (κ2) is 12.3. The average Bonchev–Trinajstić information content (AvgIpc) is 2.83. The van der Waals surface area contributed by atoms with E-state index in [0.29, 0.717) is 11.5 Å². The van der Waals surface area contributed by atoms with Crippen molar-refractivity contribution < 1.29 is 14.3 Å². The van der Waals surface area contributed by atoms with Crippen molar-refractivity contribution in [3.05, 3.63) is 96.1 Å². The summed E-state index contributed by atoms with van der Waals surface area (Å²) in [5.74, 6) is 0.501. The Hall–Kier alpha value is -3.58. The van der Waals surface area contributed by atoms with E-state index >= 15 is 0 Å². The van der Waals surface area contributed by atoms with Crippen molar-refractivity contribution in [2.45, 2.75) is 17.9 Å². The van der Waals surface area contributed by atoms with Crippen molar-refractivity contribution >= 4 is 29.8 Å². The lowest BCUT2D eigenvalue weighted by atomic mass is 10.1. The maximum atomic E-state index is 12.1. The number of nitrogens with zero attached hydrogens (tertiary/aromatic N) is 1. The van der Waals surface area contributed by atoms with Crippen LogP contribution in [-0.2, 0) is 9.59 Å². The molecule has 0 heterocycles. The number of thioether (sulfide) groups is 1. The molecule has 3 aromatic rings. The van der Waals surface area contributed by atoms with Crippen molar-refractivity contribution in [1.29, 1.82) is 0 Å². The summed E-state index contributed by atoms with van der Waals surface area (Å²) in [5.41, 5.74) is 4.35. The molecule has 32 heavy (non-hydrogen) atoms. The van der Waals surface area contributed by atoms with Crippen LogP contribution in [0.1, 0.15) is 24.1 Å². The van der Waals surface area contributed by atoms with Gasteiger partial charge in [0.25, 0.3) is 5.91 Å². The number of carbonyl (C=O) groups is 2. The van der Waals surface area contributed by atoms with E-state index in [1.54, 1.807) is 30.5 Å². The number of hydrogen-bond acceptors (Lipinski definition) is 5. The summed E-state index contributed by atoms with van der Waals surface area (Å²) in [4.78, 5) is 25.0. The van der Waals surface area contributed by atoms with Gasteiger partial charge in [-0.25, -0.2) is 5.43 Å². The fourth-order valence-corrected chi connectivity index (χ4v) is 3.50. The third kappa shape index (κ3) is 7.92. The first-order chi connectivity index (χ1) is 15.6. The van der Waals surface area contributed by atoms with Gasteiger partial charge in [-0.3, -0.25) is 9.59 Å². The van der Waals surface area contributed by atoms with Crippen molar-refractivity contribution in [3.8, 4) is 5.75 Å². The van der Waals surface area contributed by atoms with Gasteiger partial charge in [-0.15, -0.1) is 11.8 Å². The molecular weight excluding hydrogens is 422 g/mol. The number of amides is 2. The molecule has 0 aliphatic carbocycles. The van der Waals surface area contributed by atoms with Crippen molar-refractivity contribution in [2.75, 3.05) is 12.4 Å². The number of nitrogens with one attached hydrogen (secondary N) is 2. The SMILES string of the molecule is C[C@@H](NC(=O)COc1ccc(/C=N\NC(=O)CSc2ccccc2)cc1)c1ccccc1. The van der Waals surface area contributed by atoms with Crippen LogP contribution < -0.4 is 15.5 Å². The molecular formula is C25H25N3O3S. The topological polar surface area (TPSA) is 79.8 Å². The molecule has 0 fully saturated rings. The van der Waals surface area contributed by atoms with Crippen LogP contribution in [0.15, 0.2) is 94.9 Å². The Balaban J connectivity index is 1.37. The number of rotatable bonds is 10. The van der Waals surface area contributed by atoms with Gasteiger partial charge in [0.15, 0.2) is 6.61 Å². The largest absolute Gasteiger partial charge is 0.484 e. The van der Waals surface area contributed by atoms with Crippen LogP contribution in [0.5, 0.6) is 5.75 Å². The molecule has 0 aliphatic rings. The van der Waals surface area contributed by atoms with E-state index in [-0.39, 0.29) is 24.5 Å². The summed E-state index contributed by atoms with van der Waals surface area (Å²) in [6.45, 7) is 1.86. The molecule has 2 amide bonds. The molecule has 0 saturated heterocycles. The first-order valence-corrected chi connectivity index (χ1v) is 11.2. The predicted octanol–water partition coefficient (Wildman–Crippen LogP) is 4.19. The normalized spacial score (nSPS) is 11.7. The minimum absolute atomic E-state index is 0.0697. The maximum Gasteiger partial charge on any atom is 0.258 e. The van der Waals surface area contributed by atoms with Gasteiger partial charge >= 0.3 is 0 Å². The quantitative estimate of drug-likeness (QED) is 0.278. The van der Waals surface area contributed by atoms with Crippen molar-refractivity contribution in [2.24, 2.45) is 5.10 Å². The van der Waals surface area contributed by atoms with Crippen LogP contribution in [0, 0.1) is 0 Å². The summed E-state index contributed by atoms with van der Waals surface area (Å²) in [5, 5.41) is 6.89. The van der Waals surface area contributed by atoms with E-state index in [9.17, 15) is 9.59 Å². The Bertz CT molecular complexity index is 1030. The molecule has 0 unspecified atom stereocenters.